The van der Waals surface area contributed by atoms with Crippen molar-refractivity contribution in [3.05, 3.63) is 51.5 Å². The molecule has 180 valence electrons. The Kier molecular flexibility index (Phi) is 9.68. The lowest BCUT2D eigenvalue weighted by molar-refractivity contribution is -0.132. The number of likely N-dealkylation sites (N-methyl/N-ethyl adjacent to an activating group) is 1. The molecule has 0 saturated heterocycles. The monoisotopic (exact) mass is 496 g/mol. The molecule has 0 heterocycles. The number of carbonyl (C=O) groups is 2. The summed E-state index contributed by atoms with van der Waals surface area (Å²) in [6, 6.07) is 7.44. The van der Waals surface area contributed by atoms with E-state index in [0.717, 1.165) is 5.56 Å². The summed E-state index contributed by atoms with van der Waals surface area (Å²) in [7, 11) is 6.27. The summed E-state index contributed by atoms with van der Waals surface area (Å²) in [6.45, 7) is 4.21. The first-order chi connectivity index (χ1) is 15.6. The van der Waals surface area contributed by atoms with Gasteiger partial charge in [0.2, 0.25) is 11.7 Å². The molecule has 2 aromatic carbocycles. The van der Waals surface area contributed by atoms with E-state index < -0.39 is 11.9 Å². The van der Waals surface area contributed by atoms with Gasteiger partial charge in [-0.15, -0.1) is 0 Å². The maximum atomic E-state index is 13.3. The second-order valence-electron chi connectivity index (χ2n) is 7.97. The second-order valence-corrected chi connectivity index (χ2v) is 8.81. The van der Waals surface area contributed by atoms with Gasteiger partial charge < -0.3 is 24.4 Å². The third-order valence-electron chi connectivity index (χ3n) is 5.06. The highest BCUT2D eigenvalue weighted by atomic mass is 35.5. The van der Waals surface area contributed by atoms with Gasteiger partial charge in [0.15, 0.2) is 11.5 Å². The Labute approximate surface area is 204 Å². The SMILES string of the molecule is COc1ccc(CN(C)C(=O)C(CC(C)C)NC(=O)c2ccc(Cl)cc2Cl)c(OC)c1OC. The van der Waals surface area contributed by atoms with Gasteiger partial charge in [-0.3, -0.25) is 9.59 Å². The highest BCUT2D eigenvalue weighted by Crippen LogP contribution is 2.40. The van der Waals surface area contributed by atoms with Gasteiger partial charge >= 0.3 is 0 Å². The van der Waals surface area contributed by atoms with Crippen LogP contribution in [0.2, 0.25) is 10.0 Å². The third-order valence-corrected chi connectivity index (χ3v) is 5.60. The minimum atomic E-state index is -0.736. The first-order valence-electron chi connectivity index (χ1n) is 10.4. The molecule has 0 saturated carbocycles. The lowest BCUT2D eigenvalue weighted by Gasteiger charge is -2.27. The van der Waals surface area contributed by atoms with Crippen LogP contribution in [0, 0.1) is 5.92 Å². The number of ether oxygens (including phenoxy) is 3. The normalized spacial score (nSPS) is 11.7. The van der Waals surface area contributed by atoms with Crippen LogP contribution in [0.3, 0.4) is 0 Å². The van der Waals surface area contributed by atoms with Crippen LogP contribution in [-0.4, -0.2) is 51.1 Å². The Morgan fingerprint density at radius 1 is 1.00 bits per heavy atom. The summed E-state index contributed by atoms with van der Waals surface area (Å²) in [5, 5.41) is 3.47. The summed E-state index contributed by atoms with van der Waals surface area (Å²) >= 11 is 12.1. The molecule has 2 amide bonds. The molecule has 1 unspecified atom stereocenters. The van der Waals surface area contributed by atoms with E-state index in [1.807, 2.05) is 19.9 Å². The highest BCUT2D eigenvalue weighted by Gasteiger charge is 2.27. The van der Waals surface area contributed by atoms with Crippen molar-refractivity contribution in [2.24, 2.45) is 5.92 Å². The van der Waals surface area contributed by atoms with Gasteiger partial charge in [0.1, 0.15) is 6.04 Å². The zero-order valence-electron chi connectivity index (χ0n) is 19.7. The van der Waals surface area contributed by atoms with Gasteiger partial charge in [-0.25, -0.2) is 0 Å². The van der Waals surface area contributed by atoms with Gasteiger partial charge in [0, 0.05) is 24.2 Å². The number of nitrogens with one attached hydrogen (secondary N) is 1. The van der Waals surface area contributed by atoms with E-state index in [-0.39, 0.29) is 29.0 Å². The van der Waals surface area contributed by atoms with Crippen molar-refractivity contribution in [2.45, 2.75) is 32.9 Å². The molecular formula is C24H30Cl2N2O5. The van der Waals surface area contributed by atoms with Crippen LogP contribution in [0.4, 0.5) is 0 Å². The number of nitrogens with zero attached hydrogens (tertiary/aromatic N) is 1. The molecule has 7 nitrogen and oxygen atoms in total. The fraction of sp³-hybridized carbons (Fsp3) is 0.417. The zero-order chi connectivity index (χ0) is 24.7. The molecule has 0 radical (unpaired) electrons. The molecule has 0 aliphatic carbocycles. The van der Waals surface area contributed by atoms with Crippen LogP contribution in [0.25, 0.3) is 0 Å². The van der Waals surface area contributed by atoms with Crippen LogP contribution in [0.15, 0.2) is 30.3 Å². The molecule has 0 aliphatic heterocycles. The van der Waals surface area contributed by atoms with Crippen molar-refractivity contribution in [2.75, 3.05) is 28.4 Å². The van der Waals surface area contributed by atoms with E-state index in [4.69, 9.17) is 37.4 Å². The van der Waals surface area contributed by atoms with Crippen LogP contribution < -0.4 is 19.5 Å². The number of hydrogen-bond acceptors (Lipinski definition) is 5. The smallest absolute Gasteiger partial charge is 0.253 e. The van der Waals surface area contributed by atoms with Gasteiger partial charge in [-0.2, -0.15) is 0 Å². The molecule has 1 atom stereocenters. The Balaban J connectivity index is 2.26. The zero-order valence-corrected chi connectivity index (χ0v) is 21.2. The van der Waals surface area contributed by atoms with Crippen molar-refractivity contribution in [1.29, 1.82) is 0 Å². The van der Waals surface area contributed by atoms with Crippen LogP contribution in [0.1, 0.15) is 36.2 Å². The Morgan fingerprint density at radius 2 is 1.67 bits per heavy atom. The van der Waals surface area contributed by atoms with Crippen molar-refractivity contribution in [1.82, 2.24) is 10.2 Å². The van der Waals surface area contributed by atoms with Gasteiger partial charge in [-0.1, -0.05) is 37.0 Å². The van der Waals surface area contributed by atoms with Gasteiger partial charge in [0.05, 0.1) is 31.9 Å². The van der Waals surface area contributed by atoms with E-state index in [9.17, 15) is 9.59 Å². The van der Waals surface area contributed by atoms with Crippen LogP contribution in [0.5, 0.6) is 17.2 Å². The number of hydrogen-bond donors (Lipinski definition) is 1. The van der Waals surface area contributed by atoms with Crippen molar-refractivity contribution >= 4 is 35.0 Å². The number of benzene rings is 2. The summed E-state index contributed by atoms with van der Waals surface area (Å²) in [6.07, 6.45) is 0.461. The molecule has 0 bridgehead atoms. The predicted octanol–water partition coefficient (Wildman–Crippen LogP) is 4.82. The Hall–Kier alpha value is -2.64. The van der Waals surface area contributed by atoms with Gasteiger partial charge in [-0.05, 0) is 42.7 Å². The quantitative estimate of drug-likeness (QED) is 0.509. The van der Waals surface area contributed by atoms with Crippen molar-refractivity contribution in [3.8, 4) is 17.2 Å². The molecule has 0 fully saturated rings. The first kappa shape index (κ1) is 26.6. The average molecular weight is 497 g/mol. The molecule has 33 heavy (non-hydrogen) atoms. The first-order valence-corrected chi connectivity index (χ1v) is 11.2. The second kappa shape index (κ2) is 12.0. The lowest BCUT2D eigenvalue weighted by atomic mass is 10.0. The summed E-state index contributed by atoms with van der Waals surface area (Å²) in [4.78, 5) is 27.7. The molecule has 0 aliphatic rings. The maximum Gasteiger partial charge on any atom is 0.253 e. The fourth-order valence-electron chi connectivity index (χ4n) is 3.49. The van der Waals surface area contributed by atoms with Crippen molar-refractivity contribution < 1.29 is 23.8 Å². The number of halogens is 2. The number of amides is 2. The summed E-state index contributed by atoms with van der Waals surface area (Å²) < 4.78 is 16.3. The lowest BCUT2D eigenvalue weighted by Crippen LogP contribution is -2.47. The highest BCUT2D eigenvalue weighted by molar-refractivity contribution is 6.36. The molecular weight excluding hydrogens is 467 g/mol. The fourth-order valence-corrected chi connectivity index (χ4v) is 3.98. The molecule has 1 N–H and O–H groups in total. The minimum absolute atomic E-state index is 0.170. The van der Waals surface area contributed by atoms with E-state index in [0.29, 0.717) is 28.7 Å². The molecule has 2 rings (SSSR count). The minimum Gasteiger partial charge on any atom is -0.493 e. The van der Waals surface area contributed by atoms with Gasteiger partial charge in [0.25, 0.3) is 5.91 Å². The van der Waals surface area contributed by atoms with Crippen LogP contribution >= 0.6 is 23.2 Å². The largest absolute Gasteiger partial charge is 0.493 e. The third kappa shape index (κ3) is 6.68. The molecule has 0 aromatic heterocycles. The molecule has 9 heteroatoms. The Bertz CT molecular complexity index is 997. The summed E-state index contributed by atoms with van der Waals surface area (Å²) in [5.74, 6) is 0.948. The maximum absolute atomic E-state index is 13.3. The standard InChI is InChI=1S/C24H30Cl2N2O5/c1-14(2)11-19(27-23(29)17-9-8-16(25)12-18(17)26)24(30)28(3)13-15-7-10-20(31-4)22(33-6)21(15)32-5/h7-10,12,14,19H,11,13H2,1-6H3,(H,27,29). The predicted molar refractivity (Wildman–Crippen MR) is 130 cm³/mol. The van der Waals surface area contributed by atoms with Crippen molar-refractivity contribution in [3.63, 3.8) is 0 Å². The number of methoxy groups -OCH3 is 3. The Morgan fingerprint density at radius 3 is 2.21 bits per heavy atom. The van der Waals surface area contributed by atoms with E-state index >= 15 is 0 Å². The van der Waals surface area contributed by atoms with Crippen LogP contribution in [-0.2, 0) is 11.3 Å². The van der Waals surface area contributed by atoms with E-state index in [1.54, 1.807) is 31.2 Å². The molecule has 0 spiro atoms. The topological polar surface area (TPSA) is 77.1 Å². The number of rotatable bonds is 10. The van der Waals surface area contributed by atoms with E-state index in [2.05, 4.69) is 5.32 Å². The number of carbonyl (C=O) groups excluding carboxylic acids is 2. The summed E-state index contributed by atoms with van der Waals surface area (Å²) in [5.41, 5.74) is 0.994. The van der Waals surface area contributed by atoms with E-state index in [1.165, 1.54) is 26.4 Å². The molecule has 2 aromatic rings. The average Bonchev–Trinajstić information content (AvgIpc) is 2.77.